The van der Waals surface area contributed by atoms with E-state index >= 15 is 0 Å². The monoisotopic (exact) mass is 215 g/mol. The van der Waals surface area contributed by atoms with Crippen molar-refractivity contribution in [1.82, 2.24) is 19.8 Å². The summed E-state index contributed by atoms with van der Waals surface area (Å²) in [5.41, 5.74) is 8.76. The maximum absolute atomic E-state index is 5.56. The van der Waals surface area contributed by atoms with E-state index in [1.807, 2.05) is 25.1 Å². The highest BCUT2D eigenvalue weighted by Gasteiger charge is 2.12. The first kappa shape index (κ1) is 8.90. The lowest BCUT2D eigenvalue weighted by Gasteiger charge is -1.99. The summed E-state index contributed by atoms with van der Waals surface area (Å²) in [7, 11) is 0. The average Bonchev–Trinajstić information content (AvgIpc) is 2.82. The lowest BCUT2D eigenvalue weighted by molar-refractivity contribution is 0.421. The van der Waals surface area contributed by atoms with Crippen LogP contribution in [0.4, 0.5) is 5.95 Å². The second kappa shape index (κ2) is 3.06. The number of hydrogen-bond donors (Lipinski definition) is 1. The molecule has 0 atom stereocenters. The molecule has 0 bridgehead atoms. The fraction of sp³-hybridized carbons (Fsp3) is 0.100. The van der Waals surface area contributed by atoms with Crippen LogP contribution >= 0.6 is 0 Å². The quantitative estimate of drug-likeness (QED) is 0.661. The molecule has 3 rings (SSSR count). The molecule has 2 N–H and O–H groups in total. The molecule has 80 valence electrons. The number of aryl methyl sites for hydroxylation is 1. The van der Waals surface area contributed by atoms with Crippen LogP contribution in [0.1, 0.15) is 5.56 Å². The van der Waals surface area contributed by atoms with Crippen LogP contribution in [0, 0.1) is 6.92 Å². The summed E-state index contributed by atoms with van der Waals surface area (Å²) in [5.74, 6) is 0.244. The lowest BCUT2D eigenvalue weighted by Crippen LogP contribution is -1.95. The van der Waals surface area contributed by atoms with E-state index in [0.29, 0.717) is 5.65 Å². The summed E-state index contributed by atoms with van der Waals surface area (Å²) in [6.45, 7) is 1.92. The van der Waals surface area contributed by atoms with E-state index in [9.17, 15) is 0 Å². The number of pyridine rings is 1. The maximum Gasteiger partial charge on any atom is 0.240 e. The van der Waals surface area contributed by atoms with Gasteiger partial charge in [0.1, 0.15) is 12.0 Å². The summed E-state index contributed by atoms with van der Waals surface area (Å²) in [6, 6.07) is 5.61. The van der Waals surface area contributed by atoms with Gasteiger partial charge in [-0.2, -0.15) is 4.98 Å². The molecule has 0 aliphatic heterocycles. The van der Waals surface area contributed by atoms with Crippen molar-refractivity contribution < 1.29 is 4.52 Å². The highest BCUT2D eigenvalue weighted by atomic mass is 16.5. The van der Waals surface area contributed by atoms with Gasteiger partial charge in [0.2, 0.25) is 5.95 Å². The number of nitrogens with zero attached hydrogens (tertiary/aromatic N) is 4. The Kier molecular flexibility index (Phi) is 1.70. The zero-order chi connectivity index (χ0) is 11.1. The lowest BCUT2D eigenvalue weighted by atomic mass is 10.2. The van der Waals surface area contributed by atoms with Crippen LogP contribution in [0.3, 0.4) is 0 Å². The van der Waals surface area contributed by atoms with Gasteiger partial charge in [0.25, 0.3) is 0 Å². The Morgan fingerprint density at radius 1 is 1.38 bits per heavy atom. The van der Waals surface area contributed by atoms with E-state index in [2.05, 4.69) is 15.2 Å². The first-order valence-corrected chi connectivity index (χ1v) is 4.78. The van der Waals surface area contributed by atoms with E-state index in [0.717, 1.165) is 17.0 Å². The first-order chi connectivity index (χ1) is 7.75. The van der Waals surface area contributed by atoms with Crippen molar-refractivity contribution in [2.24, 2.45) is 0 Å². The Balaban J connectivity index is 2.35. The molecule has 0 aliphatic carbocycles. The molecule has 0 radical (unpaired) electrons. The first-order valence-electron chi connectivity index (χ1n) is 4.78. The van der Waals surface area contributed by atoms with Crippen molar-refractivity contribution >= 4 is 11.6 Å². The number of rotatable bonds is 1. The van der Waals surface area contributed by atoms with Gasteiger partial charge in [-0.05, 0) is 19.1 Å². The van der Waals surface area contributed by atoms with Crippen molar-refractivity contribution in [3.05, 3.63) is 30.0 Å². The third kappa shape index (κ3) is 1.16. The van der Waals surface area contributed by atoms with Crippen molar-refractivity contribution in [2.75, 3.05) is 5.73 Å². The molecule has 0 aliphatic rings. The summed E-state index contributed by atoms with van der Waals surface area (Å²) in [4.78, 5) is 4.08. The largest absolute Gasteiger partial charge is 0.366 e. The smallest absolute Gasteiger partial charge is 0.240 e. The molecule has 6 nitrogen and oxygen atoms in total. The van der Waals surface area contributed by atoms with Gasteiger partial charge in [-0.25, -0.2) is 4.52 Å². The molecule has 3 heterocycles. The van der Waals surface area contributed by atoms with Crippen LogP contribution in [-0.4, -0.2) is 19.8 Å². The molecule has 3 aromatic rings. The molecule has 0 saturated heterocycles. The predicted octanol–water partition coefficient (Wildman–Crippen LogP) is 1.27. The SMILES string of the molecule is Cc1conc1-c1cccc2nc(N)nn12. The number of nitrogens with two attached hydrogens (primary N) is 1. The minimum atomic E-state index is 0.244. The standard InChI is InChI=1S/C10H9N5O/c1-6-5-16-14-9(6)7-3-2-4-8-12-10(11)13-15(7)8/h2-5H,1H3,(H2,11,13). The fourth-order valence-corrected chi connectivity index (χ4v) is 1.64. The van der Waals surface area contributed by atoms with Crippen LogP contribution in [0.5, 0.6) is 0 Å². The molecule has 0 spiro atoms. The molecule has 3 aromatic heterocycles. The van der Waals surface area contributed by atoms with E-state index in [1.165, 1.54) is 0 Å². The summed E-state index contributed by atoms with van der Waals surface area (Å²) in [6.07, 6.45) is 1.59. The molecule has 6 heteroatoms. The Labute approximate surface area is 90.7 Å². The number of fused-ring (bicyclic) bond motifs is 1. The van der Waals surface area contributed by atoms with Gasteiger partial charge in [0, 0.05) is 5.56 Å². The number of nitrogen functional groups attached to an aromatic ring is 1. The van der Waals surface area contributed by atoms with Crippen molar-refractivity contribution in [2.45, 2.75) is 6.92 Å². The second-order valence-corrected chi connectivity index (χ2v) is 3.50. The molecule has 0 unspecified atom stereocenters. The number of hydrogen-bond acceptors (Lipinski definition) is 5. The Bertz CT molecular complexity index is 654. The zero-order valence-electron chi connectivity index (χ0n) is 8.58. The third-order valence-electron chi connectivity index (χ3n) is 2.37. The summed E-state index contributed by atoms with van der Waals surface area (Å²) < 4.78 is 6.57. The highest BCUT2D eigenvalue weighted by molar-refractivity contribution is 5.62. The van der Waals surface area contributed by atoms with Gasteiger partial charge in [0.15, 0.2) is 5.65 Å². The van der Waals surface area contributed by atoms with Crippen LogP contribution in [0.2, 0.25) is 0 Å². The molecule has 0 saturated carbocycles. The number of aromatic nitrogens is 4. The minimum Gasteiger partial charge on any atom is -0.366 e. The third-order valence-corrected chi connectivity index (χ3v) is 2.37. The van der Waals surface area contributed by atoms with E-state index in [4.69, 9.17) is 10.3 Å². The maximum atomic E-state index is 5.56. The van der Waals surface area contributed by atoms with Crippen LogP contribution < -0.4 is 5.73 Å². The Morgan fingerprint density at radius 3 is 3.00 bits per heavy atom. The summed E-state index contributed by atoms with van der Waals surface area (Å²) in [5, 5.41) is 8.05. The van der Waals surface area contributed by atoms with Crippen molar-refractivity contribution in [3.8, 4) is 11.4 Å². The molecular weight excluding hydrogens is 206 g/mol. The van der Waals surface area contributed by atoms with Gasteiger partial charge in [0.05, 0.1) is 5.69 Å². The predicted molar refractivity (Wildman–Crippen MR) is 57.6 cm³/mol. The Hall–Kier alpha value is -2.37. The van der Waals surface area contributed by atoms with E-state index in [1.54, 1.807) is 10.8 Å². The van der Waals surface area contributed by atoms with Gasteiger partial charge in [-0.3, -0.25) is 0 Å². The fourth-order valence-electron chi connectivity index (χ4n) is 1.64. The van der Waals surface area contributed by atoms with Gasteiger partial charge < -0.3 is 10.3 Å². The molecule has 16 heavy (non-hydrogen) atoms. The van der Waals surface area contributed by atoms with E-state index in [-0.39, 0.29) is 5.95 Å². The highest BCUT2D eigenvalue weighted by Crippen LogP contribution is 2.21. The summed E-state index contributed by atoms with van der Waals surface area (Å²) >= 11 is 0. The van der Waals surface area contributed by atoms with Crippen LogP contribution in [0.15, 0.2) is 29.0 Å². The molecule has 0 amide bonds. The molecular formula is C10H9N5O. The topological polar surface area (TPSA) is 82.2 Å². The molecule has 0 aromatic carbocycles. The van der Waals surface area contributed by atoms with Crippen molar-refractivity contribution in [3.63, 3.8) is 0 Å². The van der Waals surface area contributed by atoms with E-state index < -0.39 is 0 Å². The Morgan fingerprint density at radius 2 is 2.25 bits per heavy atom. The second-order valence-electron chi connectivity index (χ2n) is 3.50. The zero-order valence-corrected chi connectivity index (χ0v) is 8.58. The van der Waals surface area contributed by atoms with Crippen LogP contribution in [-0.2, 0) is 0 Å². The van der Waals surface area contributed by atoms with Gasteiger partial charge in [-0.1, -0.05) is 11.2 Å². The van der Waals surface area contributed by atoms with Gasteiger partial charge in [-0.15, -0.1) is 5.10 Å². The van der Waals surface area contributed by atoms with Crippen LogP contribution in [0.25, 0.3) is 17.0 Å². The average molecular weight is 215 g/mol. The number of anilines is 1. The van der Waals surface area contributed by atoms with Gasteiger partial charge >= 0.3 is 0 Å². The van der Waals surface area contributed by atoms with Crippen molar-refractivity contribution in [1.29, 1.82) is 0 Å². The molecule has 0 fully saturated rings. The minimum absolute atomic E-state index is 0.244. The normalized spacial score (nSPS) is 11.1.